The van der Waals surface area contributed by atoms with E-state index in [0.717, 1.165) is 70.6 Å². The fourth-order valence-corrected chi connectivity index (χ4v) is 11.6. The van der Waals surface area contributed by atoms with Crippen molar-refractivity contribution in [1.82, 2.24) is 5.32 Å². The Kier molecular flexibility index (Phi) is 54.0. The highest BCUT2D eigenvalue weighted by Crippen LogP contribution is 2.30. The van der Waals surface area contributed by atoms with Crippen molar-refractivity contribution in [3.05, 3.63) is 72.9 Å². The summed E-state index contributed by atoms with van der Waals surface area (Å²) >= 11 is 0. The predicted octanol–water partition coefficient (Wildman–Crippen LogP) is 15.0. The molecule has 0 radical (unpaired) electrons. The van der Waals surface area contributed by atoms with Gasteiger partial charge in [0, 0.05) is 6.42 Å². The minimum absolute atomic E-state index is 0.259. The van der Waals surface area contributed by atoms with Gasteiger partial charge in [-0.05, 0) is 83.5 Å². The van der Waals surface area contributed by atoms with Crippen LogP contribution in [0.2, 0.25) is 0 Å². The van der Waals surface area contributed by atoms with Gasteiger partial charge in [-0.25, -0.2) is 0 Å². The maximum absolute atomic E-state index is 13.3. The van der Waals surface area contributed by atoms with Crippen molar-refractivity contribution in [1.29, 1.82) is 0 Å². The molecule has 0 saturated carbocycles. The Bertz CT molecular complexity index is 1750. The molecule has 2 saturated heterocycles. The highest BCUT2D eigenvalue weighted by atomic mass is 16.7. The molecule has 9 N–H and O–H groups in total. The van der Waals surface area contributed by atoms with Crippen LogP contribution in [0.25, 0.3) is 0 Å². The van der Waals surface area contributed by atoms with Crippen molar-refractivity contribution in [2.75, 3.05) is 19.8 Å². The molecule has 12 unspecified atom stereocenters. The highest BCUT2D eigenvalue weighted by molar-refractivity contribution is 5.76. The molecule has 0 bridgehead atoms. The van der Waals surface area contributed by atoms with Gasteiger partial charge in [-0.3, -0.25) is 4.79 Å². The summed E-state index contributed by atoms with van der Waals surface area (Å²) in [6.07, 6.45) is 62.5. The summed E-state index contributed by atoms with van der Waals surface area (Å²) in [7, 11) is 0. The van der Waals surface area contributed by atoms with Crippen molar-refractivity contribution in [2.45, 2.75) is 370 Å². The number of carbonyl (C=O) groups excluding carboxylic acids is 1. The Morgan fingerprint density at radius 3 is 1.19 bits per heavy atom. The molecule has 2 rings (SSSR count). The van der Waals surface area contributed by atoms with Crippen LogP contribution in [-0.4, -0.2) is 140 Å². The van der Waals surface area contributed by atoms with E-state index in [1.807, 2.05) is 6.08 Å². The first-order valence-corrected chi connectivity index (χ1v) is 36.2. The summed E-state index contributed by atoms with van der Waals surface area (Å²) in [6, 6.07) is -0.948. The van der Waals surface area contributed by atoms with Crippen molar-refractivity contribution < 1.29 is 64.6 Å². The average molecular weight is 1240 g/mol. The van der Waals surface area contributed by atoms with Gasteiger partial charge >= 0.3 is 0 Å². The van der Waals surface area contributed by atoms with Crippen LogP contribution in [0.3, 0.4) is 0 Å². The molecule has 14 nitrogen and oxygen atoms in total. The van der Waals surface area contributed by atoms with Crippen molar-refractivity contribution >= 4 is 5.91 Å². The Hall–Kier alpha value is -2.57. The van der Waals surface area contributed by atoms with Crippen molar-refractivity contribution in [3.8, 4) is 0 Å². The summed E-state index contributed by atoms with van der Waals surface area (Å²) in [5.41, 5.74) is 0. The average Bonchev–Trinajstić information content (AvgIpc) is 1.78. The third kappa shape index (κ3) is 41.8. The van der Waals surface area contributed by atoms with E-state index in [-0.39, 0.29) is 18.9 Å². The van der Waals surface area contributed by atoms with E-state index in [0.29, 0.717) is 12.8 Å². The number of hydrogen-bond acceptors (Lipinski definition) is 13. The molecule has 0 aliphatic carbocycles. The third-order valence-corrected chi connectivity index (χ3v) is 17.3. The van der Waals surface area contributed by atoms with Gasteiger partial charge in [0.2, 0.25) is 5.91 Å². The molecule has 88 heavy (non-hydrogen) atoms. The van der Waals surface area contributed by atoms with Gasteiger partial charge in [0.1, 0.15) is 48.8 Å². The number of aliphatic hydroxyl groups is 8. The summed E-state index contributed by atoms with van der Waals surface area (Å²) in [6.45, 7) is 2.79. The molecule has 2 fully saturated rings. The first kappa shape index (κ1) is 81.5. The van der Waals surface area contributed by atoms with Gasteiger partial charge in [0.05, 0.1) is 32.0 Å². The lowest BCUT2D eigenvalue weighted by Crippen LogP contribution is -2.65. The van der Waals surface area contributed by atoms with E-state index in [2.05, 4.69) is 79.9 Å². The molecule has 0 aromatic heterocycles. The van der Waals surface area contributed by atoms with Crippen LogP contribution in [0.5, 0.6) is 0 Å². The topological polar surface area (TPSA) is 228 Å². The Labute approximate surface area is 536 Å². The number of nitrogens with one attached hydrogen (secondary N) is 1. The second-order valence-corrected chi connectivity index (χ2v) is 25.3. The lowest BCUT2D eigenvalue weighted by Gasteiger charge is -2.46. The van der Waals surface area contributed by atoms with Crippen molar-refractivity contribution in [3.63, 3.8) is 0 Å². The van der Waals surface area contributed by atoms with E-state index in [9.17, 15) is 45.6 Å². The Morgan fingerprint density at radius 2 is 0.761 bits per heavy atom. The number of amides is 1. The number of ether oxygens (including phenoxy) is 4. The van der Waals surface area contributed by atoms with Crippen molar-refractivity contribution in [2.24, 2.45) is 0 Å². The lowest BCUT2D eigenvalue weighted by atomic mass is 9.97. The number of hydrogen-bond donors (Lipinski definition) is 9. The van der Waals surface area contributed by atoms with E-state index in [1.54, 1.807) is 6.08 Å². The molecule has 14 heteroatoms. The Morgan fingerprint density at radius 1 is 0.409 bits per heavy atom. The number of aliphatic hydroxyl groups excluding tert-OH is 8. The standard InChI is InChI=1S/C74H133NO13/c1-3-5-7-9-11-13-15-17-19-21-23-25-27-28-29-30-31-32-33-34-36-37-39-41-43-45-47-49-51-53-55-57-63(78)62(61-85-73-71(84)69(82)72(65(60-77)87-73)88-74-70(83)68(81)67(80)64(59-76)86-74)75-66(79)58-56-54-52-50-48-46-44-42-40-38-35-26-24-22-20-18-16-14-12-10-8-6-4-2/h16,18,22,24,35,38-39,41,47,49,55,57,62-65,67-74,76-78,80-84H,3-15,17,19-21,23,25-34,36-37,40,42-46,48,50-54,56,58-61H2,1-2H3,(H,75,79)/b18-16-,24-22-,38-35-,41-39+,49-47+,57-55+. The predicted molar refractivity (Wildman–Crippen MR) is 360 cm³/mol. The lowest BCUT2D eigenvalue weighted by molar-refractivity contribution is -0.359. The summed E-state index contributed by atoms with van der Waals surface area (Å²) in [4.78, 5) is 13.3. The third-order valence-electron chi connectivity index (χ3n) is 17.3. The zero-order valence-corrected chi connectivity index (χ0v) is 55.7. The van der Waals surface area contributed by atoms with Crippen LogP contribution in [-0.2, 0) is 23.7 Å². The van der Waals surface area contributed by atoms with Crippen LogP contribution in [0.15, 0.2) is 72.9 Å². The van der Waals surface area contributed by atoms with E-state index >= 15 is 0 Å². The molecule has 1 amide bonds. The molecule has 0 spiro atoms. The van der Waals surface area contributed by atoms with Crippen LogP contribution >= 0.6 is 0 Å². The minimum Gasteiger partial charge on any atom is -0.394 e. The maximum atomic E-state index is 13.3. The van der Waals surface area contributed by atoms with E-state index in [1.165, 1.54) is 193 Å². The molecule has 0 aromatic carbocycles. The van der Waals surface area contributed by atoms with Crippen LogP contribution in [0.4, 0.5) is 0 Å². The van der Waals surface area contributed by atoms with Crippen LogP contribution < -0.4 is 5.32 Å². The quantitative estimate of drug-likeness (QED) is 0.0204. The second-order valence-electron chi connectivity index (χ2n) is 25.3. The molecular formula is C74H133NO13. The Balaban J connectivity index is 1.70. The van der Waals surface area contributed by atoms with Gasteiger partial charge in [-0.15, -0.1) is 0 Å². The van der Waals surface area contributed by atoms with E-state index < -0.39 is 86.8 Å². The van der Waals surface area contributed by atoms with E-state index in [4.69, 9.17) is 18.9 Å². The number of unbranched alkanes of at least 4 members (excludes halogenated alkanes) is 36. The number of rotatable bonds is 59. The molecular weight excluding hydrogens is 1110 g/mol. The molecule has 2 aliphatic heterocycles. The molecule has 0 aromatic rings. The summed E-state index contributed by atoms with van der Waals surface area (Å²) < 4.78 is 22.8. The number of allylic oxidation sites excluding steroid dienone is 11. The zero-order valence-electron chi connectivity index (χ0n) is 55.7. The van der Waals surface area contributed by atoms with Gasteiger partial charge in [-0.2, -0.15) is 0 Å². The summed E-state index contributed by atoms with van der Waals surface area (Å²) in [5, 5.41) is 87.4. The zero-order chi connectivity index (χ0) is 63.8. The molecule has 512 valence electrons. The molecule has 12 atom stereocenters. The fourth-order valence-electron chi connectivity index (χ4n) is 11.6. The normalized spacial score (nSPS) is 23.6. The van der Waals surface area contributed by atoms with Gasteiger partial charge in [0.15, 0.2) is 12.6 Å². The first-order chi connectivity index (χ1) is 43.1. The molecule has 2 heterocycles. The van der Waals surface area contributed by atoms with Crippen LogP contribution in [0, 0.1) is 0 Å². The number of carbonyl (C=O) groups is 1. The summed E-state index contributed by atoms with van der Waals surface area (Å²) in [5.74, 6) is -0.260. The maximum Gasteiger partial charge on any atom is 0.220 e. The smallest absolute Gasteiger partial charge is 0.220 e. The SMILES string of the molecule is CCCCCCC/C=C\C/C=C\C/C=C\CCCCCCCCCCC(=O)NC(COC1OC(CO)C(OC2OC(CO)C(O)C(O)C2O)C(O)C1O)C(O)/C=C/CC/C=C/CC/C=C/CCCCCCCCCCCCCCCCCCCCCCC. The second kappa shape index (κ2) is 58.3. The first-order valence-electron chi connectivity index (χ1n) is 36.2. The van der Waals surface area contributed by atoms with Crippen LogP contribution in [0.1, 0.15) is 296 Å². The fraction of sp³-hybridized carbons (Fsp3) is 0.824. The highest BCUT2D eigenvalue weighted by Gasteiger charge is 2.51. The largest absolute Gasteiger partial charge is 0.394 e. The van der Waals surface area contributed by atoms with Gasteiger partial charge in [-0.1, -0.05) is 279 Å². The van der Waals surface area contributed by atoms with Gasteiger partial charge in [0.25, 0.3) is 0 Å². The minimum atomic E-state index is -1.80. The monoisotopic (exact) mass is 1240 g/mol. The van der Waals surface area contributed by atoms with Gasteiger partial charge < -0.3 is 65.1 Å². The molecule has 2 aliphatic rings.